The fourth-order valence-corrected chi connectivity index (χ4v) is 2.39. The fraction of sp³-hybridized carbons (Fsp3) is 0.867. The van der Waals surface area contributed by atoms with Gasteiger partial charge in [-0.25, -0.2) is 4.79 Å². The molecule has 1 aliphatic rings. The molecule has 1 saturated carbocycles. The van der Waals surface area contributed by atoms with Crippen molar-refractivity contribution in [2.24, 2.45) is 11.1 Å². The Morgan fingerprint density at radius 1 is 1.17 bits per heavy atom. The minimum Gasteiger partial charge on any atom is -0.318 e. The van der Waals surface area contributed by atoms with E-state index in [4.69, 9.17) is 4.84 Å². The van der Waals surface area contributed by atoms with Crippen molar-refractivity contribution in [3.63, 3.8) is 0 Å². The lowest BCUT2D eigenvalue weighted by atomic mass is 9.89. The lowest BCUT2D eigenvalue weighted by Gasteiger charge is -2.18. The Morgan fingerprint density at radius 3 is 2.56 bits per heavy atom. The topological polar surface area (TPSA) is 38.7 Å². The number of unbranched alkanes of at least 4 members (excludes halogenated alkanes) is 3. The van der Waals surface area contributed by atoms with Crippen molar-refractivity contribution in [2.45, 2.75) is 78.1 Å². The zero-order valence-corrected chi connectivity index (χ0v) is 11.9. The summed E-state index contributed by atoms with van der Waals surface area (Å²) in [6.45, 7) is 4.15. The molecule has 0 aliphatic heterocycles. The SMILES string of the molecule is CCCCCCC(C)=NOC(=O)C1CCCCC1. The number of carbonyl (C=O) groups excluding carboxylic acids is 1. The van der Waals surface area contributed by atoms with Gasteiger partial charge in [-0.05, 0) is 32.6 Å². The van der Waals surface area contributed by atoms with E-state index < -0.39 is 0 Å². The van der Waals surface area contributed by atoms with Crippen LogP contribution in [0.4, 0.5) is 0 Å². The normalized spacial score (nSPS) is 17.8. The number of carbonyl (C=O) groups is 1. The first-order valence-corrected chi connectivity index (χ1v) is 7.48. The highest BCUT2D eigenvalue weighted by Gasteiger charge is 2.22. The average Bonchev–Trinajstić information content (AvgIpc) is 2.42. The highest BCUT2D eigenvalue weighted by Crippen LogP contribution is 2.24. The lowest BCUT2D eigenvalue weighted by molar-refractivity contribution is -0.149. The Balaban J connectivity index is 2.18. The van der Waals surface area contributed by atoms with Gasteiger partial charge in [0.05, 0.1) is 11.6 Å². The molecule has 0 aromatic carbocycles. The molecule has 18 heavy (non-hydrogen) atoms. The van der Waals surface area contributed by atoms with E-state index in [0.717, 1.165) is 44.2 Å². The molecule has 0 amide bonds. The third-order valence-electron chi connectivity index (χ3n) is 3.62. The average molecular weight is 253 g/mol. The van der Waals surface area contributed by atoms with Gasteiger partial charge < -0.3 is 4.84 Å². The molecular formula is C15H27NO2. The number of nitrogens with zero attached hydrogens (tertiary/aromatic N) is 1. The quantitative estimate of drug-likeness (QED) is 0.291. The number of rotatable bonds is 7. The minimum atomic E-state index is -0.123. The van der Waals surface area contributed by atoms with E-state index in [1.165, 1.54) is 25.7 Å². The summed E-state index contributed by atoms with van der Waals surface area (Å²) in [7, 11) is 0. The molecule has 0 aromatic heterocycles. The van der Waals surface area contributed by atoms with Crippen LogP contribution in [0.5, 0.6) is 0 Å². The van der Waals surface area contributed by atoms with Gasteiger partial charge in [0.1, 0.15) is 0 Å². The Bertz CT molecular complexity index is 268. The van der Waals surface area contributed by atoms with Crippen LogP contribution < -0.4 is 0 Å². The summed E-state index contributed by atoms with van der Waals surface area (Å²) in [5.74, 6) is -0.0296. The van der Waals surface area contributed by atoms with E-state index in [1.807, 2.05) is 6.92 Å². The molecule has 0 radical (unpaired) electrons. The van der Waals surface area contributed by atoms with Crippen molar-refractivity contribution in [3.8, 4) is 0 Å². The van der Waals surface area contributed by atoms with Crippen molar-refractivity contribution in [1.82, 2.24) is 0 Å². The maximum Gasteiger partial charge on any atom is 0.338 e. The van der Waals surface area contributed by atoms with E-state index in [9.17, 15) is 4.79 Å². The highest BCUT2D eigenvalue weighted by atomic mass is 16.7. The molecule has 0 spiro atoms. The van der Waals surface area contributed by atoms with Crippen molar-refractivity contribution in [2.75, 3.05) is 0 Å². The third-order valence-corrected chi connectivity index (χ3v) is 3.62. The van der Waals surface area contributed by atoms with E-state index in [2.05, 4.69) is 12.1 Å². The second-order valence-electron chi connectivity index (χ2n) is 5.38. The predicted molar refractivity (Wildman–Crippen MR) is 74.5 cm³/mol. The first kappa shape index (κ1) is 15.2. The first-order valence-electron chi connectivity index (χ1n) is 7.48. The second-order valence-corrected chi connectivity index (χ2v) is 5.38. The van der Waals surface area contributed by atoms with Crippen molar-refractivity contribution in [1.29, 1.82) is 0 Å². The third kappa shape index (κ3) is 6.18. The summed E-state index contributed by atoms with van der Waals surface area (Å²) in [6, 6.07) is 0. The van der Waals surface area contributed by atoms with Crippen LogP contribution >= 0.6 is 0 Å². The molecule has 0 saturated heterocycles. The van der Waals surface area contributed by atoms with Crippen LogP contribution in [-0.2, 0) is 9.63 Å². The smallest absolute Gasteiger partial charge is 0.318 e. The second kappa shape index (κ2) is 9.12. The van der Waals surface area contributed by atoms with Crippen LogP contribution in [0.15, 0.2) is 5.16 Å². The summed E-state index contributed by atoms with van der Waals surface area (Å²) >= 11 is 0. The van der Waals surface area contributed by atoms with E-state index in [1.54, 1.807) is 0 Å². The summed E-state index contributed by atoms with van der Waals surface area (Å²) in [5, 5.41) is 3.96. The molecule has 1 fully saturated rings. The highest BCUT2D eigenvalue weighted by molar-refractivity contribution is 5.82. The zero-order valence-electron chi connectivity index (χ0n) is 11.9. The molecule has 3 heteroatoms. The summed E-state index contributed by atoms with van der Waals surface area (Å²) in [5.41, 5.74) is 0.940. The largest absolute Gasteiger partial charge is 0.338 e. The maximum absolute atomic E-state index is 11.7. The molecule has 0 aromatic rings. The summed E-state index contributed by atoms with van der Waals surface area (Å²) < 4.78 is 0. The van der Waals surface area contributed by atoms with Gasteiger partial charge >= 0.3 is 5.97 Å². The lowest BCUT2D eigenvalue weighted by Crippen LogP contribution is -2.19. The van der Waals surface area contributed by atoms with Gasteiger partial charge in [-0.1, -0.05) is 50.6 Å². The van der Waals surface area contributed by atoms with Gasteiger partial charge in [-0.2, -0.15) is 0 Å². The number of hydrogen-bond donors (Lipinski definition) is 0. The standard InChI is InChI=1S/C15H27NO2/c1-3-4-5-7-10-13(2)16-18-15(17)14-11-8-6-9-12-14/h14H,3-12H2,1-2H3. The van der Waals surface area contributed by atoms with Gasteiger partial charge in [0.2, 0.25) is 0 Å². The van der Waals surface area contributed by atoms with Crippen molar-refractivity contribution >= 4 is 11.7 Å². The molecule has 1 rings (SSSR count). The molecule has 0 heterocycles. The summed E-state index contributed by atoms with van der Waals surface area (Å²) in [6.07, 6.45) is 11.3. The molecular weight excluding hydrogens is 226 g/mol. The minimum absolute atomic E-state index is 0.0930. The molecule has 1 aliphatic carbocycles. The van der Waals surface area contributed by atoms with Gasteiger partial charge in [-0.3, -0.25) is 0 Å². The first-order chi connectivity index (χ1) is 8.74. The molecule has 0 atom stereocenters. The van der Waals surface area contributed by atoms with Crippen LogP contribution in [0, 0.1) is 5.92 Å². The van der Waals surface area contributed by atoms with Crippen LogP contribution in [-0.4, -0.2) is 11.7 Å². The van der Waals surface area contributed by atoms with Crippen molar-refractivity contribution in [3.05, 3.63) is 0 Å². The number of oxime groups is 1. The Labute approximate surface area is 111 Å². The van der Waals surface area contributed by atoms with Crippen LogP contribution in [0.1, 0.15) is 78.1 Å². The molecule has 0 N–H and O–H groups in total. The predicted octanol–water partition coefficient (Wildman–Crippen LogP) is 4.46. The monoisotopic (exact) mass is 253 g/mol. The Morgan fingerprint density at radius 2 is 1.89 bits per heavy atom. The van der Waals surface area contributed by atoms with Crippen LogP contribution in [0.2, 0.25) is 0 Å². The van der Waals surface area contributed by atoms with Crippen LogP contribution in [0.25, 0.3) is 0 Å². The maximum atomic E-state index is 11.7. The van der Waals surface area contributed by atoms with E-state index >= 15 is 0 Å². The van der Waals surface area contributed by atoms with E-state index in [0.29, 0.717) is 0 Å². The van der Waals surface area contributed by atoms with Crippen LogP contribution in [0.3, 0.4) is 0 Å². The fourth-order valence-electron chi connectivity index (χ4n) is 2.39. The molecule has 104 valence electrons. The van der Waals surface area contributed by atoms with Gasteiger partial charge in [0.25, 0.3) is 0 Å². The van der Waals surface area contributed by atoms with Gasteiger partial charge in [-0.15, -0.1) is 0 Å². The molecule has 3 nitrogen and oxygen atoms in total. The zero-order chi connectivity index (χ0) is 13.2. The Kier molecular flexibility index (Phi) is 7.70. The van der Waals surface area contributed by atoms with E-state index in [-0.39, 0.29) is 11.9 Å². The van der Waals surface area contributed by atoms with Gasteiger partial charge in [0, 0.05) is 0 Å². The van der Waals surface area contributed by atoms with Gasteiger partial charge in [0.15, 0.2) is 0 Å². The molecule has 0 bridgehead atoms. The molecule has 0 unspecified atom stereocenters. The van der Waals surface area contributed by atoms with Crippen molar-refractivity contribution < 1.29 is 9.63 Å². The number of hydrogen-bond acceptors (Lipinski definition) is 3. The summed E-state index contributed by atoms with van der Waals surface area (Å²) in [4.78, 5) is 16.8. The Hall–Kier alpha value is -0.860.